The van der Waals surface area contributed by atoms with Crippen LogP contribution in [0.25, 0.3) is 0 Å². The van der Waals surface area contributed by atoms with E-state index in [0.717, 1.165) is 25.7 Å². The van der Waals surface area contributed by atoms with Gasteiger partial charge in [0, 0.05) is 23.5 Å². The van der Waals surface area contributed by atoms with E-state index in [2.05, 4.69) is 4.98 Å². The Morgan fingerprint density at radius 3 is 2.45 bits per heavy atom. The van der Waals surface area contributed by atoms with Crippen molar-refractivity contribution in [1.82, 2.24) is 4.98 Å². The highest BCUT2D eigenvalue weighted by atomic mass is 35.5. The molecule has 0 bridgehead atoms. The maximum Gasteiger partial charge on any atom is 0.162 e. The molecule has 0 saturated heterocycles. The van der Waals surface area contributed by atoms with E-state index < -0.39 is 0 Å². The van der Waals surface area contributed by atoms with E-state index in [1.807, 2.05) is 0 Å². The van der Waals surface area contributed by atoms with E-state index in [-0.39, 0.29) is 34.3 Å². The van der Waals surface area contributed by atoms with Crippen molar-refractivity contribution in [2.24, 2.45) is 0 Å². The number of rotatable bonds is 7. The van der Waals surface area contributed by atoms with E-state index in [1.54, 1.807) is 48.4 Å². The zero-order valence-electron chi connectivity index (χ0n) is 18.2. The van der Waals surface area contributed by atoms with Crippen LogP contribution < -0.4 is 14.4 Å². The Kier molecular flexibility index (Phi) is 7.36. The quantitative estimate of drug-likeness (QED) is 0.291. The average Bonchev–Trinajstić information content (AvgIpc) is 3.32. The molecule has 1 heterocycles. The number of nitrogens with zero attached hydrogens (tertiary/aromatic N) is 2. The van der Waals surface area contributed by atoms with Crippen LogP contribution in [0, 0.1) is 11.2 Å². The van der Waals surface area contributed by atoms with E-state index in [4.69, 9.17) is 38.1 Å². The minimum absolute atomic E-state index is 0.0554. The summed E-state index contributed by atoms with van der Waals surface area (Å²) in [5, 5.41) is 9.54. The second-order valence-electron chi connectivity index (χ2n) is 7.87. The number of ether oxygens (including phenoxy) is 2. The van der Waals surface area contributed by atoms with Crippen molar-refractivity contribution < 1.29 is 13.9 Å². The zero-order chi connectivity index (χ0) is 23.4. The molecule has 1 saturated carbocycles. The summed E-state index contributed by atoms with van der Waals surface area (Å²) >= 11 is 12.9. The number of amidine groups is 1. The molecule has 33 heavy (non-hydrogen) atoms. The third-order valence-electron chi connectivity index (χ3n) is 5.69. The summed E-state index contributed by atoms with van der Waals surface area (Å²) in [6.07, 6.45) is 7.29. The Labute approximate surface area is 202 Å². The van der Waals surface area contributed by atoms with Gasteiger partial charge in [0.1, 0.15) is 11.7 Å². The fraction of sp³-hybridized carbons (Fsp3) is 0.280. The summed E-state index contributed by atoms with van der Waals surface area (Å²) in [7, 11) is 1.59. The number of methoxy groups -OCH3 is 1. The molecule has 1 fully saturated rings. The van der Waals surface area contributed by atoms with Gasteiger partial charge in [-0.05, 0) is 49.9 Å². The SMILES string of the molecule is COc1ccc(C(=N)N(Cc2ccccc2F)c2c(Cl)cncc2Cl)cc1OC1CCCC1. The Morgan fingerprint density at radius 2 is 1.79 bits per heavy atom. The summed E-state index contributed by atoms with van der Waals surface area (Å²) in [6.45, 7) is 0.0554. The van der Waals surface area contributed by atoms with E-state index in [1.165, 1.54) is 18.5 Å². The monoisotopic (exact) mass is 487 g/mol. The minimum Gasteiger partial charge on any atom is -0.493 e. The molecule has 0 unspecified atom stereocenters. The fourth-order valence-electron chi connectivity index (χ4n) is 3.99. The Balaban J connectivity index is 1.74. The summed E-state index contributed by atoms with van der Waals surface area (Å²) in [5.74, 6) is 0.882. The normalized spacial score (nSPS) is 13.7. The summed E-state index contributed by atoms with van der Waals surface area (Å²) < 4.78 is 26.2. The molecule has 0 radical (unpaired) electrons. The first-order valence-electron chi connectivity index (χ1n) is 10.7. The lowest BCUT2D eigenvalue weighted by Gasteiger charge is -2.28. The van der Waals surface area contributed by atoms with Crippen LogP contribution in [0.3, 0.4) is 0 Å². The van der Waals surface area contributed by atoms with Gasteiger partial charge < -0.3 is 14.4 Å². The van der Waals surface area contributed by atoms with Gasteiger partial charge >= 0.3 is 0 Å². The number of benzene rings is 2. The largest absolute Gasteiger partial charge is 0.493 e. The average molecular weight is 488 g/mol. The highest BCUT2D eigenvalue weighted by molar-refractivity contribution is 6.40. The summed E-state index contributed by atoms with van der Waals surface area (Å²) in [6, 6.07) is 11.7. The lowest BCUT2D eigenvalue weighted by atomic mass is 10.1. The van der Waals surface area contributed by atoms with Crippen molar-refractivity contribution in [3.63, 3.8) is 0 Å². The second-order valence-corrected chi connectivity index (χ2v) is 8.68. The lowest BCUT2D eigenvalue weighted by molar-refractivity contribution is 0.201. The van der Waals surface area contributed by atoms with Crippen molar-refractivity contribution in [3.05, 3.63) is 81.8 Å². The highest BCUT2D eigenvalue weighted by Gasteiger charge is 2.24. The number of nitrogens with one attached hydrogen (secondary N) is 1. The van der Waals surface area contributed by atoms with E-state index in [9.17, 15) is 4.39 Å². The van der Waals surface area contributed by atoms with Gasteiger partial charge in [0.15, 0.2) is 11.5 Å². The van der Waals surface area contributed by atoms with Crippen LogP contribution in [0.5, 0.6) is 11.5 Å². The second kappa shape index (κ2) is 10.4. The fourth-order valence-corrected chi connectivity index (χ4v) is 4.56. The molecule has 2 aromatic carbocycles. The first-order chi connectivity index (χ1) is 16.0. The Morgan fingerprint density at radius 1 is 1.09 bits per heavy atom. The van der Waals surface area contributed by atoms with Gasteiger partial charge in [-0.1, -0.05) is 41.4 Å². The third-order valence-corrected chi connectivity index (χ3v) is 6.24. The molecule has 1 aromatic heterocycles. The maximum atomic E-state index is 14.5. The van der Waals surface area contributed by atoms with Crippen molar-refractivity contribution in [3.8, 4) is 11.5 Å². The van der Waals surface area contributed by atoms with Crippen LogP contribution in [-0.4, -0.2) is 24.0 Å². The first-order valence-corrected chi connectivity index (χ1v) is 11.5. The van der Waals surface area contributed by atoms with Crippen LogP contribution in [0.4, 0.5) is 10.1 Å². The number of hydrogen-bond donors (Lipinski definition) is 1. The minimum atomic E-state index is -0.378. The molecule has 0 aliphatic heterocycles. The molecule has 172 valence electrons. The van der Waals surface area contributed by atoms with Crippen molar-refractivity contribution in [2.75, 3.05) is 12.0 Å². The van der Waals surface area contributed by atoms with Gasteiger partial charge in [-0.2, -0.15) is 0 Å². The molecule has 8 heteroatoms. The molecule has 1 N–H and O–H groups in total. The molecule has 4 rings (SSSR count). The van der Waals surface area contributed by atoms with Crippen LogP contribution in [0.15, 0.2) is 54.9 Å². The van der Waals surface area contributed by atoms with Crippen LogP contribution in [0.2, 0.25) is 10.0 Å². The third kappa shape index (κ3) is 5.23. The smallest absolute Gasteiger partial charge is 0.162 e. The predicted molar refractivity (Wildman–Crippen MR) is 130 cm³/mol. The van der Waals surface area contributed by atoms with Crippen molar-refractivity contribution >= 4 is 34.7 Å². The molecule has 1 aliphatic carbocycles. The van der Waals surface area contributed by atoms with Crippen LogP contribution in [0.1, 0.15) is 36.8 Å². The molecular weight excluding hydrogens is 464 g/mol. The molecule has 1 aliphatic rings. The molecule has 0 atom stereocenters. The Bertz CT molecular complexity index is 1130. The van der Waals surface area contributed by atoms with Crippen LogP contribution in [-0.2, 0) is 6.54 Å². The van der Waals surface area contributed by atoms with Gasteiger partial charge in [-0.15, -0.1) is 0 Å². The molecule has 0 spiro atoms. The van der Waals surface area contributed by atoms with Crippen molar-refractivity contribution in [2.45, 2.75) is 38.3 Å². The number of aromatic nitrogens is 1. The number of anilines is 1. The van der Waals surface area contributed by atoms with Crippen molar-refractivity contribution in [1.29, 1.82) is 5.41 Å². The van der Waals surface area contributed by atoms with Crippen LogP contribution >= 0.6 is 23.2 Å². The number of pyridine rings is 1. The van der Waals surface area contributed by atoms with Gasteiger partial charge in [0.2, 0.25) is 0 Å². The molecular formula is C25H24Cl2FN3O2. The molecule has 0 amide bonds. The van der Waals surface area contributed by atoms with Gasteiger partial charge in [0.05, 0.1) is 35.5 Å². The topological polar surface area (TPSA) is 58.4 Å². The molecule has 3 aromatic rings. The molecule has 5 nitrogen and oxygen atoms in total. The number of halogens is 3. The Hall–Kier alpha value is -2.83. The zero-order valence-corrected chi connectivity index (χ0v) is 19.7. The highest BCUT2D eigenvalue weighted by Crippen LogP contribution is 2.37. The summed E-state index contributed by atoms with van der Waals surface area (Å²) in [4.78, 5) is 5.58. The van der Waals surface area contributed by atoms with Gasteiger partial charge in [0.25, 0.3) is 0 Å². The first kappa shape index (κ1) is 23.3. The van der Waals surface area contributed by atoms with Gasteiger partial charge in [-0.3, -0.25) is 10.4 Å². The maximum absolute atomic E-state index is 14.5. The lowest BCUT2D eigenvalue weighted by Crippen LogP contribution is -2.31. The van der Waals surface area contributed by atoms with E-state index in [0.29, 0.717) is 28.3 Å². The predicted octanol–water partition coefficient (Wildman–Crippen LogP) is 6.89. The standard InChI is InChI=1S/C25H24Cl2FN3O2/c1-32-22-11-10-16(12-23(22)33-18-7-3-4-8-18)25(29)31(15-17-6-2-5-9-21(17)28)24-19(26)13-30-14-20(24)27/h2,5-6,9-14,18,29H,3-4,7-8,15H2,1H3. The number of hydrogen-bond acceptors (Lipinski definition) is 4. The van der Waals surface area contributed by atoms with E-state index >= 15 is 0 Å². The summed E-state index contributed by atoms with van der Waals surface area (Å²) in [5.41, 5.74) is 1.35. The van der Waals surface area contributed by atoms with Gasteiger partial charge in [-0.25, -0.2) is 4.39 Å².